The molecule has 1 heterocycles. The number of nitrogens with one attached hydrogen (secondary N) is 1. The Balaban J connectivity index is 3.14. The summed E-state index contributed by atoms with van der Waals surface area (Å²) in [6, 6.07) is 0. The van der Waals surface area contributed by atoms with Crippen LogP contribution in [0.15, 0.2) is 0 Å². The van der Waals surface area contributed by atoms with E-state index in [9.17, 15) is 4.39 Å². The molecule has 0 radical (unpaired) electrons. The predicted molar refractivity (Wildman–Crippen MR) is 55.0 cm³/mol. The Morgan fingerprint density at radius 1 is 1.36 bits per heavy atom. The SMILES string of the molecule is CCNc1nc(C(C)C)nc(C)c1F. The lowest BCUT2D eigenvalue weighted by Gasteiger charge is -2.10. The summed E-state index contributed by atoms with van der Waals surface area (Å²) in [5.74, 6) is 0.853. The summed E-state index contributed by atoms with van der Waals surface area (Å²) < 4.78 is 13.4. The van der Waals surface area contributed by atoms with Crippen molar-refractivity contribution in [1.29, 1.82) is 0 Å². The van der Waals surface area contributed by atoms with E-state index in [1.165, 1.54) is 0 Å². The Morgan fingerprint density at radius 2 is 2.00 bits per heavy atom. The van der Waals surface area contributed by atoms with Gasteiger partial charge in [0.25, 0.3) is 0 Å². The van der Waals surface area contributed by atoms with Crippen molar-refractivity contribution in [2.45, 2.75) is 33.6 Å². The van der Waals surface area contributed by atoms with E-state index in [4.69, 9.17) is 0 Å². The molecule has 78 valence electrons. The third-order valence-electron chi connectivity index (χ3n) is 1.89. The molecule has 1 rings (SSSR count). The van der Waals surface area contributed by atoms with Crippen molar-refractivity contribution in [3.05, 3.63) is 17.3 Å². The van der Waals surface area contributed by atoms with Crippen LogP contribution in [0.3, 0.4) is 0 Å². The Labute approximate surface area is 83.8 Å². The number of hydrogen-bond acceptors (Lipinski definition) is 3. The molecule has 0 fully saturated rings. The van der Waals surface area contributed by atoms with Gasteiger partial charge in [0.1, 0.15) is 5.82 Å². The molecule has 0 bridgehead atoms. The average molecular weight is 197 g/mol. The minimum absolute atomic E-state index is 0.215. The normalized spacial score (nSPS) is 10.7. The van der Waals surface area contributed by atoms with Gasteiger partial charge >= 0.3 is 0 Å². The number of halogens is 1. The van der Waals surface area contributed by atoms with Crippen LogP contribution < -0.4 is 5.32 Å². The molecule has 0 unspecified atom stereocenters. The highest BCUT2D eigenvalue weighted by Gasteiger charge is 2.12. The van der Waals surface area contributed by atoms with Crippen molar-refractivity contribution in [1.82, 2.24) is 9.97 Å². The topological polar surface area (TPSA) is 37.8 Å². The lowest BCUT2D eigenvalue weighted by molar-refractivity contribution is 0.595. The van der Waals surface area contributed by atoms with Crippen molar-refractivity contribution >= 4 is 5.82 Å². The highest BCUT2D eigenvalue weighted by Crippen LogP contribution is 2.17. The van der Waals surface area contributed by atoms with Gasteiger partial charge in [0.15, 0.2) is 11.6 Å². The molecule has 14 heavy (non-hydrogen) atoms. The fraction of sp³-hybridized carbons (Fsp3) is 0.600. The quantitative estimate of drug-likeness (QED) is 0.808. The summed E-state index contributed by atoms with van der Waals surface area (Å²) in [7, 11) is 0. The molecule has 0 amide bonds. The Morgan fingerprint density at radius 3 is 2.50 bits per heavy atom. The highest BCUT2D eigenvalue weighted by molar-refractivity contribution is 5.38. The van der Waals surface area contributed by atoms with Crippen LogP contribution in [0.2, 0.25) is 0 Å². The van der Waals surface area contributed by atoms with Crippen molar-refractivity contribution in [3.63, 3.8) is 0 Å². The number of anilines is 1. The van der Waals surface area contributed by atoms with Crippen LogP contribution in [0.5, 0.6) is 0 Å². The molecule has 1 N–H and O–H groups in total. The first-order valence-corrected chi connectivity index (χ1v) is 4.84. The first-order valence-electron chi connectivity index (χ1n) is 4.84. The van der Waals surface area contributed by atoms with Crippen LogP contribution in [0.25, 0.3) is 0 Å². The zero-order valence-corrected chi connectivity index (χ0v) is 9.06. The zero-order valence-electron chi connectivity index (χ0n) is 9.06. The van der Waals surface area contributed by atoms with Crippen LogP contribution in [0.4, 0.5) is 10.2 Å². The second-order valence-corrected chi connectivity index (χ2v) is 3.51. The lowest BCUT2D eigenvalue weighted by atomic mass is 10.2. The van der Waals surface area contributed by atoms with Gasteiger partial charge in [-0.25, -0.2) is 14.4 Å². The maximum absolute atomic E-state index is 13.4. The minimum Gasteiger partial charge on any atom is -0.368 e. The van der Waals surface area contributed by atoms with Crippen LogP contribution in [0.1, 0.15) is 38.2 Å². The van der Waals surface area contributed by atoms with Gasteiger partial charge in [0, 0.05) is 12.5 Å². The molecule has 4 heteroatoms. The van der Waals surface area contributed by atoms with E-state index in [1.807, 2.05) is 20.8 Å². The van der Waals surface area contributed by atoms with E-state index < -0.39 is 0 Å². The molecular weight excluding hydrogens is 181 g/mol. The van der Waals surface area contributed by atoms with Gasteiger partial charge in [-0.3, -0.25) is 0 Å². The predicted octanol–water partition coefficient (Wildman–Crippen LogP) is 2.48. The zero-order chi connectivity index (χ0) is 10.7. The van der Waals surface area contributed by atoms with Crippen molar-refractivity contribution in [2.75, 3.05) is 11.9 Å². The van der Waals surface area contributed by atoms with Gasteiger partial charge < -0.3 is 5.32 Å². The number of nitrogens with zero attached hydrogens (tertiary/aromatic N) is 2. The fourth-order valence-corrected chi connectivity index (χ4v) is 1.12. The van der Waals surface area contributed by atoms with Crippen LogP contribution in [-0.2, 0) is 0 Å². The minimum atomic E-state index is -0.351. The molecule has 0 aromatic carbocycles. The summed E-state index contributed by atoms with van der Waals surface area (Å²) in [6.45, 7) is 8.20. The molecule has 0 atom stereocenters. The van der Waals surface area contributed by atoms with Gasteiger partial charge in [0.2, 0.25) is 0 Å². The highest BCUT2D eigenvalue weighted by atomic mass is 19.1. The van der Waals surface area contributed by atoms with Gasteiger partial charge in [-0.1, -0.05) is 13.8 Å². The van der Waals surface area contributed by atoms with Crippen molar-refractivity contribution < 1.29 is 4.39 Å². The standard InChI is InChI=1S/C10H16FN3/c1-5-12-10-8(11)7(4)13-9(14-10)6(2)3/h6H,5H2,1-4H3,(H,12,13,14). The first kappa shape index (κ1) is 10.9. The summed E-state index contributed by atoms with van der Waals surface area (Å²) in [5, 5.41) is 2.89. The summed E-state index contributed by atoms with van der Waals surface area (Å²) in [6.07, 6.45) is 0. The molecule has 0 aliphatic carbocycles. The van der Waals surface area contributed by atoms with Gasteiger partial charge in [-0.05, 0) is 13.8 Å². The molecule has 0 saturated heterocycles. The second-order valence-electron chi connectivity index (χ2n) is 3.51. The maximum Gasteiger partial charge on any atom is 0.186 e. The van der Waals surface area contributed by atoms with Crippen molar-refractivity contribution in [3.8, 4) is 0 Å². The number of aromatic nitrogens is 2. The smallest absolute Gasteiger partial charge is 0.186 e. The Kier molecular flexibility index (Phi) is 3.38. The largest absolute Gasteiger partial charge is 0.368 e. The van der Waals surface area contributed by atoms with E-state index in [-0.39, 0.29) is 11.7 Å². The van der Waals surface area contributed by atoms with Crippen LogP contribution in [0, 0.1) is 12.7 Å². The van der Waals surface area contributed by atoms with Crippen LogP contribution >= 0.6 is 0 Å². The summed E-state index contributed by atoms with van der Waals surface area (Å²) in [5.41, 5.74) is 0.402. The molecule has 0 saturated carbocycles. The molecule has 0 aliphatic rings. The summed E-state index contributed by atoms with van der Waals surface area (Å²) in [4.78, 5) is 8.21. The van der Waals surface area contributed by atoms with Crippen LogP contribution in [-0.4, -0.2) is 16.5 Å². The first-order chi connectivity index (χ1) is 6.56. The monoisotopic (exact) mass is 197 g/mol. The van der Waals surface area contributed by atoms with E-state index in [1.54, 1.807) is 6.92 Å². The Bertz CT molecular complexity index is 323. The lowest BCUT2D eigenvalue weighted by Crippen LogP contribution is -2.09. The van der Waals surface area contributed by atoms with E-state index >= 15 is 0 Å². The molecule has 0 aliphatic heterocycles. The molecule has 1 aromatic rings. The molecule has 1 aromatic heterocycles. The average Bonchev–Trinajstić information content (AvgIpc) is 2.12. The molecule has 3 nitrogen and oxygen atoms in total. The van der Waals surface area contributed by atoms with Crippen molar-refractivity contribution in [2.24, 2.45) is 0 Å². The molecular formula is C10H16FN3. The van der Waals surface area contributed by atoms with E-state index in [0.29, 0.717) is 23.9 Å². The molecule has 0 spiro atoms. The second kappa shape index (κ2) is 4.35. The Hall–Kier alpha value is -1.19. The van der Waals surface area contributed by atoms with E-state index in [0.717, 1.165) is 0 Å². The maximum atomic E-state index is 13.4. The fourth-order valence-electron chi connectivity index (χ4n) is 1.12. The number of rotatable bonds is 3. The third kappa shape index (κ3) is 2.19. The summed E-state index contributed by atoms with van der Waals surface area (Å²) >= 11 is 0. The third-order valence-corrected chi connectivity index (χ3v) is 1.89. The van der Waals surface area contributed by atoms with E-state index in [2.05, 4.69) is 15.3 Å². The van der Waals surface area contributed by atoms with Gasteiger partial charge in [-0.15, -0.1) is 0 Å². The van der Waals surface area contributed by atoms with Gasteiger partial charge in [-0.2, -0.15) is 0 Å². The number of aryl methyl sites for hydroxylation is 1. The number of hydrogen-bond donors (Lipinski definition) is 1. The van der Waals surface area contributed by atoms with Gasteiger partial charge in [0.05, 0.1) is 5.69 Å².